The van der Waals surface area contributed by atoms with Gasteiger partial charge in [0.15, 0.2) is 11.5 Å². The second-order valence-corrected chi connectivity index (χ2v) is 9.84. The van der Waals surface area contributed by atoms with E-state index in [0.717, 1.165) is 48.4 Å². The lowest BCUT2D eigenvalue weighted by Gasteiger charge is -2.31. The minimum Gasteiger partial charge on any atom is -0.490 e. The van der Waals surface area contributed by atoms with E-state index in [1.54, 1.807) is 4.90 Å². The van der Waals surface area contributed by atoms with Gasteiger partial charge in [-0.25, -0.2) is 4.79 Å². The lowest BCUT2D eigenvalue weighted by Crippen LogP contribution is -2.43. The summed E-state index contributed by atoms with van der Waals surface area (Å²) in [5, 5.41) is 6.49. The molecule has 1 saturated heterocycles. The maximum absolute atomic E-state index is 13.4. The molecule has 8 heteroatoms. The topological polar surface area (TPSA) is 83.1 Å². The molecule has 5 rings (SSSR count). The molecule has 1 fully saturated rings. The molecule has 3 aromatic rings. The smallest absolute Gasteiger partial charge is 0.324 e. The molecule has 2 aliphatic heterocycles. The molecule has 2 aliphatic rings. The SMILES string of the molecule is CCOc1cc2c(cc1OCC)/C(=C(/Nc1ccc(N(C)C(=O)N3CCCCC3)cc1)c1ccccc1)C(=O)N2. The number of nitrogens with one attached hydrogen (secondary N) is 2. The maximum Gasteiger partial charge on any atom is 0.324 e. The van der Waals surface area contributed by atoms with E-state index in [2.05, 4.69) is 10.6 Å². The highest BCUT2D eigenvalue weighted by molar-refractivity contribution is 6.37. The Morgan fingerprint density at radius 3 is 2.23 bits per heavy atom. The van der Waals surface area contributed by atoms with Gasteiger partial charge in [-0.15, -0.1) is 0 Å². The fourth-order valence-corrected chi connectivity index (χ4v) is 5.17. The fraction of sp³-hybridized carbons (Fsp3) is 0.312. The molecular weight excluding hydrogens is 504 g/mol. The van der Waals surface area contributed by atoms with Crippen molar-refractivity contribution in [1.29, 1.82) is 0 Å². The minimum absolute atomic E-state index is 0.0169. The summed E-state index contributed by atoms with van der Waals surface area (Å²) in [5.41, 5.74) is 5.09. The molecule has 0 aliphatic carbocycles. The van der Waals surface area contributed by atoms with E-state index in [9.17, 15) is 9.59 Å². The second kappa shape index (κ2) is 12.2. The van der Waals surface area contributed by atoms with Crippen LogP contribution >= 0.6 is 0 Å². The third-order valence-corrected chi connectivity index (χ3v) is 7.18. The van der Waals surface area contributed by atoms with Crippen LogP contribution < -0.4 is 25.0 Å². The Hall–Kier alpha value is -4.46. The number of ether oxygens (including phenoxy) is 2. The summed E-state index contributed by atoms with van der Waals surface area (Å²) >= 11 is 0. The highest BCUT2D eigenvalue weighted by Crippen LogP contribution is 2.43. The first-order valence-corrected chi connectivity index (χ1v) is 13.9. The summed E-state index contributed by atoms with van der Waals surface area (Å²) in [5.74, 6) is 0.980. The zero-order valence-electron chi connectivity index (χ0n) is 23.3. The number of hydrogen-bond acceptors (Lipinski definition) is 5. The quantitative estimate of drug-likeness (QED) is 0.321. The predicted octanol–water partition coefficient (Wildman–Crippen LogP) is 6.46. The number of hydrogen-bond donors (Lipinski definition) is 2. The standard InChI is InChI=1S/C32H36N4O4/c1-4-39-27-20-25-26(21-28(27)40-5-2)34-31(37)29(25)30(22-12-8-6-9-13-22)33-23-14-16-24(17-15-23)35(3)32(38)36-18-10-7-11-19-36/h6,8-9,12-17,20-21,33H,4-5,7,10-11,18-19H2,1-3H3,(H,34,37)/b30-29-. The molecule has 8 nitrogen and oxygen atoms in total. The third-order valence-electron chi connectivity index (χ3n) is 7.18. The van der Waals surface area contributed by atoms with Crippen LogP contribution in [0.1, 0.15) is 44.2 Å². The van der Waals surface area contributed by atoms with Crippen molar-refractivity contribution >= 4 is 40.3 Å². The Bertz CT molecular complexity index is 1400. The van der Waals surface area contributed by atoms with Crippen LogP contribution in [-0.2, 0) is 4.79 Å². The summed E-state index contributed by atoms with van der Waals surface area (Å²) in [6, 6.07) is 21.2. The molecule has 2 N–H and O–H groups in total. The van der Waals surface area contributed by atoms with Crippen molar-refractivity contribution in [1.82, 2.24) is 4.90 Å². The van der Waals surface area contributed by atoms with Crippen molar-refractivity contribution in [2.24, 2.45) is 0 Å². The molecule has 0 saturated carbocycles. The van der Waals surface area contributed by atoms with Gasteiger partial charge in [0, 0.05) is 43.1 Å². The van der Waals surface area contributed by atoms with Gasteiger partial charge >= 0.3 is 6.03 Å². The van der Waals surface area contributed by atoms with E-state index < -0.39 is 0 Å². The van der Waals surface area contributed by atoms with E-state index in [-0.39, 0.29) is 11.9 Å². The second-order valence-electron chi connectivity index (χ2n) is 9.84. The monoisotopic (exact) mass is 540 g/mol. The van der Waals surface area contributed by atoms with Gasteiger partial charge in [0.2, 0.25) is 0 Å². The van der Waals surface area contributed by atoms with E-state index in [4.69, 9.17) is 9.47 Å². The zero-order chi connectivity index (χ0) is 28.1. The predicted molar refractivity (Wildman–Crippen MR) is 160 cm³/mol. The number of amides is 3. The van der Waals surface area contributed by atoms with Gasteiger partial charge in [-0.2, -0.15) is 0 Å². The van der Waals surface area contributed by atoms with Crippen molar-refractivity contribution in [3.63, 3.8) is 0 Å². The minimum atomic E-state index is -0.207. The number of anilines is 3. The zero-order valence-corrected chi connectivity index (χ0v) is 23.3. The Labute approximate surface area is 235 Å². The Morgan fingerprint density at radius 1 is 0.925 bits per heavy atom. The summed E-state index contributed by atoms with van der Waals surface area (Å²) in [6.07, 6.45) is 3.28. The van der Waals surface area contributed by atoms with Gasteiger partial charge in [-0.1, -0.05) is 30.3 Å². The van der Waals surface area contributed by atoms with Crippen molar-refractivity contribution in [3.05, 3.63) is 77.9 Å². The first-order valence-electron chi connectivity index (χ1n) is 13.9. The number of urea groups is 1. The van der Waals surface area contributed by atoms with Gasteiger partial charge in [-0.3, -0.25) is 9.69 Å². The number of rotatable bonds is 8. The molecular formula is C32H36N4O4. The van der Waals surface area contributed by atoms with Crippen molar-refractivity contribution < 1.29 is 19.1 Å². The number of nitrogens with zero attached hydrogens (tertiary/aromatic N) is 2. The summed E-state index contributed by atoms with van der Waals surface area (Å²) in [6.45, 7) is 6.40. The molecule has 0 spiro atoms. The third kappa shape index (κ3) is 5.61. The van der Waals surface area contributed by atoms with Crippen molar-refractivity contribution in [2.75, 3.05) is 48.9 Å². The first kappa shape index (κ1) is 27.1. The molecule has 0 radical (unpaired) electrons. The summed E-state index contributed by atoms with van der Waals surface area (Å²) in [4.78, 5) is 30.0. The largest absolute Gasteiger partial charge is 0.490 e. The number of carbonyl (C=O) groups excluding carboxylic acids is 2. The highest BCUT2D eigenvalue weighted by Gasteiger charge is 2.31. The molecule has 0 aromatic heterocycles. The van der Waals surface area contributed by atoms with Gasteiger partial charge in [-0.05, 0) is 69.0 Å². The molecule has 0 atom stereocenters. The number of carbonyl (C=O) groups is 2. The Morgan fingerprint density at radius 2 is 1.57 bits per heavy atom. The average molecular weight is 541 g/mol. The first-order chi connectivity index (χ1) is 19.5. The maximum atomic E-state index is 13.4. The molecule has 2 heterocycles. The summed E-state index contributed by atoms with van der Waals surface area (Å²) < 4.78 is 11.6. The molecule has 40 heavy (non-hydrogen) atoms. The van der Waals surface area contributed by atoms with Crippen molar-refractivity contribution in [2.45, 2.75) is 33.1 Å². The molecule has 208 valence electrons. The van der Waals surface area contributed by atoms with Crippen LogP contribution in [0.4, 0.5) is 21.9 Å². The summed E-state index contributed by atoms with van der Waals surface area (Å²) in [7, 11) is 1.81. The molecule has 0 unspecified atom stereocenters. The highest BCUT2D eigenvalue weighted by atomic mass is 16.5. The van der Waals surface area contributed by atoms with E-state index in [1.165, 1.54) is 6.42 Å². The number of piperidine rings is 1. The van der Waals surface area contributed by atoms with Crippen LogP contribution in [0.5, 0.6) is 11.5 Å². The van der Waals surface area contributed by atoms with Crippen LogP contribution in [0, 0.1) is 0 Å². The van der Waals surface area contributed by atoms with Crippen LogP contribution in [-0.4, -0.2) is 50.2 Å². The van der Waals surface area contributed by atoms with Gasteiger partial charge in [0.25, 0.3) is 5.91 Å². The van der Waals surface area contributed by atoms with Crippen LogP contribution in [0.25, 0.3) is 11.3 Å². The van der Waals surface area contributed by atoms with Gasteiger partial charge in [0.05, 0.1) is 30.2 Å². The lowest BCUT2D eigenvalue weighted by molar-refractivity contribution is -0.110. The van der Waals surface area contributed by atoms with E-state index >= 15 is 0 Å². The molecule has 3 aromatic carbocycles. The van der Waals surface area contributed by atoms with Gasteiger partial charge in [0.1, 0.15) is 0 Å². The van der Waals surface area contributed by atoms with Crippen molar-refractivity contribution in [3.8, 4) is 11.5 Å². The van der Waals surface area contributed by atoms with E-state index in [0.29, 0.717) is 41.7 Å². The number of fused-ring (bicyclic) bond motifs is 1. The van der Waals surface area contributed by atoms with Crippen LogP contribution in [0.3, 0.4) is 0 Å². The molecule has 0 bridgehead atoms. The number of likely N-dealkylation sites (tertiary alicyclic amines) is 1. The van der Waals surface area contributed by atoms with Crippen LogP contribution in [0.15, 0.2) is 66.7 Å². The fourth-order valence-electron chi connectivity index (χ4n) is 5.17. The van der Waals surface area contributed by atoms with Gasteiger partial charge < -0.3 is 25.0 Å². The lowest BCUT2D eigenvalue weighted by atomic mass is 9.99. The number of benzene rings is 3. The molecule has 3 amide bonds. The Balaban J connectivity index is 1.49. The Kier molecular flexibility index (Phi) is 8.24. The van der Waals surface area contributed by atoms with Crippen LogP contribution in [0.2, 0.25) is 0 Å². The average Bonchev–Trinajstić information content (AvgIpc) is 3.31. The van der Waals surface area contributed by atoms with E-state index in [1.807, 2.05) is 92.5 Å². The normalized spacial score (nSPS) is 15.7.